The third-order valence-corrected chi connectivity index (χ3v) is 6.78. The van der Waals surface area contributed by atoms with Crippen LogP contribution in [0.3, 0.4) is 0 Å². The van der Waals surface area contributed by atoms with Crippen molar-refractivity contribution >= 4 is 35.3 Å². The van der Waals surface area contributed by atoms with Crippen LogP contribution in [-0.2, 0) is 38.1 Å². The fraction of sp³-hybridized carbons (Fsp3) is 0.615. The smallest absolute Gasteiger partial charge is 0.341 e. The highest BCUT2D eigenvalue weighted by atomic mass is 16.5. The minimum absolute atomic E-state index is 0.0489. The number of hydrogen-bond acceptors (Lipinski definition) is 10. The normalized spacial score (nSPS) is 22.0. The molecule has 0 saturated heterocycles. The second-order valence-electron chi connectivity index (χ2n) is 9.01. The molecule has 0 bridgehead atoms. The summed E-state index contributed by atoms with van der Waals surface area (Å²) in [6, 6.07) is -0.301. The molecule has 0 unspecified atom stereocenters. The van der Waals surface area contributed by atoms with Crippen LogP contribution >= 0.6 is 0 Å². The Kier molecular flexibility index (Phi) is 9.55. The van der Waals surface area contributed by atoms with Gasteiger partial charge < -0.3 is 18.9 Å². The molecule has 0 N–H and O–H groups in total. The largest absolute Gasteiger partial charge is 0.465 e. The molecule has 0 aliphatic heterocycles. The summed E-state index contributed by atoms with van der Waals surface area (Å²) >= 11 is 0. The Morgan fingerprint density at radius 3 is 1.06 bits per heavy atom. The Bertz CT molecular complexity index is 943. The number of methoxy groups -OCH3 is 4. The molecule has 10 nitrogen and oxygen atoms in total. The Morgan fingerprint density at radius 1 is 0.500 bits per heavy atom. The summed E-state index contributed by atoms with van der Waals surface area (Å²) in [5.41, 5.74) is -1.34. The minimum Gasteiger partial charge on any atom is -0.465 e. The quantitative estimate of drug-likeness (QED) is 0.308. The molecule has 0 amide bonds. The average Bonchev–Trinajstić information content (AvgIpc) is 2.92. The number of ether oxygens (including phenoxy) is 4. The monoisotopic (exact) mass is 502 g/mol. The van der Waals surface area contributed by atoms with Crippen LogP contribution in [-0.4, -0.2) is 75.8 Å². The molecule has 0 radical (unpaired) electrons. The van der Waals surface area contributed by atoms with Crippen LogP contribution in [0.15, 0.2) is 32.3 Å². The van der Waals surface area contributed by atoms with Crippen molar-refractivity contribution in [1.29, 1.82) is 0 Å². The number of carbonyl (C=O) groups excluding carboxylic acids is 4. The lowest BCUT2D eigenvalue weighted by Gasteiger charge is -2.28. The first kappa shape index (κ1) is 27.3. The van der Waals surface area contributed by atoms with Crippen molar-refractivity contribution in [2.75, 3.05) is 28.4 Å². The molecule has 2 fully saturated rings. The molecule has 0 heterocycles. The van der Waals surface area contributed by atoms with Crippen LogP contribution in [0.1, 0.15) is 64.2 Å². The molecule has 3 aliphatic rings. The molecule has 10 heteroatoms. The van der Waals surface area contributed by atoms with Crippen LogP contribution in [0.4, 0.5) is 0 Å². The number of esters is 4. The SMILES string of the molecule is COC(=O)C1=C(C(=O)OC)C(C(=O)OC)=C(C(=O)OC)C(=NC2CCCCC2)C1=NC1CCCCC1. The molecule has 3 aliphatic carbocycles. The summed E-state index contributed by atoms with van der Waals surface area (Å²) in [6.45, 7) is 0. The van der Waals surface area contributed by atoms with Gasteiger partial charge in [0.05, 0.1) is 63.1 Å². The number of nitrogens with zero attached hydrogens (tertiary/aromatic N) is 2. The van der Waals surface area contributed by atoms with Crippen molar-refractivity contribution in [2.45, 2.75) is 76.3 Å². The molecule has 0 aromatic heterocycles. The van der Waals surface area contributed by atoms with E-state index in [9.17, 15) is 19.2 Å². The van der Waals surface area contributed by atoms with Gasteiger partial charge in [0.2, 0.25) is 0 Å². The maximum absolute atomic E-state index is 13.2. The van der Waals surface area contributed by atoms with Crippen molar-refractivity contribution < 1.29 is 38.1 Å². The summed E-state index contributed by atoms with van der Waals surface area (Å²) in [5, 5.41) is 0. The van der Waals surface area contributed by atoms with E-state index >= 15 is 0 Å². The zero-order valence-electron chi connectivity index (χ0n) is 21.4. The van der Waals surface area contributed by atoms with Crippen LogP contribution in [0.25, 0.3) is 0 Å². The van der Waals surface area contributed by atoms with E-state index in [2.05, 4.69) is 0 Å². The predicted molar refractivity (Wildman–Crippen MR) is 131 cm³/mol. The first-order valence-corrected chi connectivity index (χ1v) is 12.4. The zero-order chi connectivity index (χ0) is 26.2. The van der Waals surface area contributed by atoms with Gasteiger partial charge in [-0.3, -0.25) is 9.98 Å². The molecule has 3 rings (SSSR count). The van der Waals surface area contributed by atoms with Crippen LogP contribution in [0, 0.1) is 0 Å². The molecule has 0 atom stereocenters. The van der Waals surface area contributed by atoms with Crippen molar-refractivity contribution in [3.8, 4) is 0 Å². The fourth-order valence-electron chi connectivity index (χ4n) is 4.97. The van der Waals surface area contributed by atoms with E-state index in [0.29, 0.717) is 0 Å². The van der Waals surface area contributed by atoms with E-state index in [0.717, 1.165) is 92.6 Å². The molecular weight excluding hydrogens is 468 g/mol. The van der Waals surface area contributed by atoms with E-state index in [1.165, 1.54) is 0 Å². The highest BCUT2D eigenvalue weighted by Gasteiger charge is 2.45. The highest BCUT2D eigenvalue weighted by Crippen LogP contribution is 2.34. The average molecular weight is 503 g/mol. The van der Waals surface area contributed by atoms with E-state index in [-0.39, 0.29) is 34.7 Å². The predicted octanol–water partition coefficient (Wildman–Crippen LogP) is 2.83. The second kappa shape index (κ2) is 12.6. The molecule has 0 aromatic carbocycles. The van der Waals surface area contributed by atoms with E-state index in [1.54, 1.807) is 0 Å². The maximum atomic E-state index is 13.2. The minimum atomic E-state index is -1.01. The fourth-order valence-corrected chi connectivity index (χ4v) is 4.97. The topological polar surface area (TPSA) is 130 Å². The van der Waals surface area contributed by atoms with Gasteiger partial charge in [-0.05, 0) is 25.7 Å². The lowest BCUT2D eigenvalue weighted by atomic mass is 9.81. The van der Waals surface area contributed by atoms with Gasteiger partial charge in [0.25, 0.3) is 0 Å². The third kappa shape index (κ3) is 5.74. The van der Waals surface area contributed by atoms with Crippen LogP contribution < -0.4 is 0 Å². The van der Waals surface area contributed by atoms with E-state index in [4.69, 9.17) is 28.9 Å². The number of hydrogen-bond donors (Lipinski definition) is 0. The lowest BCUT2D eigenvalue weighted by molar-refractivity contribution is -0.141. The van der Waals surface area contributed by atoms with E-state index < -0.39 is 35.0 Å². The maximum Gasteiger partial charge on any atom is 0.341 e. The summed E-state index contributed by atoms with van der Waals surface area (Å²) < 4.78 is 19.9. The number of carbonyl (C=O) groups is 4. The zero-order valence-corrected chi connectivity index (χ0v) is 21.4. The molecule has 36 heavy (non-hydrogen) atoms. The van der Waals surface area contributed by atoms with Crippen LogP contribution in [0.2, 0.25) is 0 Å². The van der Waals surface area contributed by atoms with Gasteiger partial charge in [0.15, 0.2) is 0 Å². The van der Waals surface area contributed by atoms with Crippen molar-refractivity contribution in [2.24, 2.45) is 9.98 Å². The van der Waals surface area contributed by atoms with Gasteiger partial charge in [0.1, 0.15) is 11.1 Å². The Morgan fingerprint density at radius 2 is 0.778 bits per heavy atom. The van der Waals surface area contributed by atoms with Crippen LogP contribution in [0.5, 0.6) is 0 Å². The van der Waals surface area contributed by atoms with E-state index in [1.807, 2.05) is 0 Å². The Balaban J connectivity index is 2.43. The van der Waals surface area contributed by atoms with Gasteiger partial charge in [-0.25, -0.2) is 19.2 Å². The molecular formula is C26H34N2O8. The second-order valence-corrected chi connectivity index (χ2v) is 9.01. The van der Waals surface area contributed by atoms with Crippen molar-refractivity contribution in [3.05, 3.63) is 22.3 Å². The molecule has 196 valence electrons. The summed E-state index contributed by atoms with van der Waals surface area (Å²) in [4.78, 5) is 62.2. The standard InChI is InChI=1S/C26H34N2O8/c1-33-23(29)17-18(24(30)34-2)20(26(32)36-4)22(28-16-13-9-6-10-14-16)21(19(17)25(31)35-3)27-15-11-7-5-8-12-15/h15-16H,5-14H2,1-4H3. The van der Waals surface area contributed by atoms with Gasteiger partial charge in [0, 0.05) is 0 Å². The molecule has 0 aromatic rings. The summed E-state index contributed by atoms with van der Waals surface area (Å²) in [7, 11) is 4.55. The van der Waals surface area contributed by atoms with Gasteiger partial charge in [-0.2, -0.15) is 0 Å². The first-order valence-electron chi connectivity index (χ1n) is 12.4. The third-order valence-electron chi connectivity index (χ3n) is 6.78. The molecule has 0 spiro atoms. The first-order chi connectivity index (χ1) is 17.4. The number of aliphatic imine (C=N–C) groups is 2. The van der Waals surface area contributed by atoms with Crippen molar-refractivity contribution in [3.63, 3.8) is 0 Å². The Labute approximate surface area is 210 Å². The number of rotatable bonds is 6. The summed E-state index contributed by atoms with van der Waals surface area (Å²) in [6.07, 6.45) is 9.14. The lowest BCUT2D eigenvalue weighted by Crippen LogP contribution is -2.40. The van der Waals surface area contributed by atoms with Gasteiger partial charge >= 0.3 is 23.9 Å². The highest BCUT2D eigenvalue weighted by molar-refractivity contribution is 6.64. The molecule has 2 saturated carbocycles. The van der Waals surface area contributed by atoms with Gasteiger partial charge in [-0.1, -0.05) is 38.5 Å². The summed E-state index contributed by atoms with van der Waals surface area (Å²) in [5.74, 6) is -3.81. The van der Waals surface area contributed by atoms with Gasteiger partial charge in [-0.15, -0.1) is 0 Å². The van der Waals surface area contributed by atoms with Crippen molar-refractivity contribution in [1.82, 2.24) is 0 Å². The Hall–Kier alpha value is -3.30.